The van der Waals surface area contributed by atoms with Gasteiger partial charge in [-0.15, -0.1) is 0 Å². The highest BCUT2D eigenvalue weighted by Crippen LogP contribution is 2.32. The number of carbonyl (C=O) groups is 2. The predicted octanol–water partition coefficient (Wildman–Crippen LogP) is 4.85. The Morgan fingerprint density at radius 1 is 0.881 bits per heavy atom. The zero-order valence-electron chi connectivity index (χ0n) is 25.6. The normalized spacial score (nSPS) is 12.3. The van der Waals surface area contributed by atoms with E-state index >= 15 is 0 Å². The van der Waals surface area contributed by atoms with E-state index in [0.717, 1.165) is 21.0 Å². The zero-order chi connectivity index (χ0) is 31.2. The minimum atomic E-state index is -4.26. The van der Waals surface area contributed by atoms with Crippen LogP contribution in [0.3, 0.4) is 0 Å². The SMILES string of the molecule is COc1ccc(S(=O)(=O)N(CC(=O)N(Cc2cccc(C)c2)[C@@H](C)C(=O)NC(C)(C)C)c2ccc(C)cc2)cc1OC. The second-order valence-corrected chi connectivity index (χ2v) is 13.2. The number of hydrogen-bond donors (Lipinski definition) is 1. The molecule has 1 N–H and O–H groups in total. The summed E-state index contributed by atoms with van der Waals surface area (Å²) < 4.78 is 39.9. The molecule has 0 aliphatic carbocycles. The molecular formula is C32H41N3O6S. The third-order valence-electron chi connectivity index (χ3n) is 6.64. The number of sulfonamides is 1. The zero-order valence-corrected chi connectivity index (χ0v) is 26.4. The van der Waals surface area contributed by atoms with Gasteiger partial charge in [0.2, 0.25) is 11.8 Å². The Morgan fingerprint density at radius 2 is 1.52 bits per heavy atom. The van der Waals surface area contributed by atoms with Crippen LogP contribution < -0.4 is 19.1 Å². The fourth-order valence-corrected chi connectivity index (χ4v) is 5.84. The van der Waals surface area contributed by atoms with Crippen molar-refractivity contribution in [2.24, 2.45) is 0 Å². The van der Waals surface area contributed by atoms with Crippen molar-refractivity contribution in [2.75, 3.05) is 25.1 Å². The molecule has 0 saturated carbocycles. The van der Waals surface area contributed by atoms with E-state index in [1.165, 1.54) is 37.3 Å². The number of carbonyl (C=O) groups excluding carboxylic acids is 2. The second kappa shape index (κ2) is 13.3. The Morgan fingerprint density at radius 3 is 2.10 bits per heavy atom. The largest absolute Gasteiger partial charge is 0.493 e. The third-order valence-corrected chi connectivity index (χ3v) is 8.41. The van der Waals surface area contributed by atoms with Crippen LogP contribution in [0.2, 0.25) is 0 Å². The Hall–Kier alpha value is -4.05. The van der Waals surface area contributed by atoms with Crippen molar-refractivity contribution >= 4 is 27.5 Å². The Balaban J connectivity index is 2.08. The number of aryl methyl sites for hydroxylation is 2. The molecule has 0 heterocycles. The van der Waals surface area contributed by atoms with Gasteiger partial charge in [0.25, 0.3) is 10.0 Å². The van der Waals surface area contributed by atoms with Crippen LogP contribution in [0.15, 0.2) is 71.6 Å². The Bertz CT molecular complexity index is 1510. The molecule has 0 bridgehead atoms. The van der Waals surface area contributed by atoms with Crippen LogP contribution in [-0.4, -0.2) is 57.5 Å². The molecule has 3 aromatic carbocycles. The molecule has 2 amide bonds. The molecule has 0 aliphatic heterocycles. The van der Waals surface area contributed by atoms with Gasteiger partial charge in [-0.1, -0.05) is 47.5 Å². The molecule has 0 aromatic heterocycles. The summed E-state index contributed by atoms with van der Waals surface area (Å²) >= 11 is 0. The second-order valence-electron chi connectivity index (χ2n) is 11.3. The number of anilines is 1. The van der Waals surface area contributed by atoms with E-state index in [1.807, 2.05) is 58.9 Å². The van der Waals surface area contributed by atoms with Gasteiger partial charge in [-0.05, 0) is 71.4 Å². The average molecular weight is 596 g/mol. The fraction of sp³-hybridized carbons (Fsp3) is 0.375. The maximum Gasteiger partial charge on any atom is 0.264 e. The van der Waals surface area contributed by atoms with Crippen molar-refractivity contribution in [1.29, 1.82) is 0 Å². The number of nitrogens with zero attached hydrogens (tertiary/aromatic N) is 2. The summed E-state index contributed by atoms with van der Waals surface area (Å²) in [5, 5.41) is 2.93. The first-order valence-corrected chi connectivity index (χ1v) is 15.1. The highest BCUT2D eigenvalue weighted by molar-refractivity contribution is 7.92. The first-order valence-electron chi connectivity index (χ1n) is 13.6. The summed E-state index contributed by atoms with van der Waals surface area (Å²) in [6, 6.07) is 17.9. The van der Waals surface area contributed by atoms with Crippen LogP contribution in [0.4, 0.5) is 5.69 Å². The topological polar surface area (TPSA) is 105 Å². The predicted molar refractivity (Wildman–Crippen MR) is 164 cm³/mol. The molecule has 42 heavy (non-hydrogen) atoms. The highest BCUT2D eigenvalue weighted by atomic mass is 32.2. The van der Waals surface area contributed by atoms with Crippen molar-refractivity contribution in [2.45, 2.75) is 64.6 Å². The molecule has 226 valence electrons. The van der Waals surface area contributed by atoms with Gasteiger partial charge < -0.3 is 19.7 Å². The Kier molecular flexibility index (Phi) is 10.3. The summed E-state index contributed by atoms with van der Waals surface area (Å²) in [4.78, 5) is 28.7. The molecule has 0 radical (unpaired) electrons. The molecule has 0 spiro atoms. The van der Waals surface area contributed by atoms with E-state index in [1.54, 1.807) is 31.2 Å². The smallest absolute Gasteiger partial charge is 0.264 e. The van der Waals surface area contributed by atoms with Crippen molar-refractivity contribution < 1.29 is 27.5 Å². The number of hydrogen-bond acceptors (Lipinski definition) is 6. The van der Waals surface area contributed by atoms with Crippen molar-refractivity contribution in [3.8, 4) is 11.5 Å². The van der Waals surface area contributed by atoms with Crippen molar-refractivity contribution in [1.82, 2.24) is 10.2 Å². The van der Waals surface area contributed by atoms with Gasteiger partial charge in [-0.2, -0.15) is 0 Å². The van der Waals surface area contributed by atoms with E-state index in [0.29, 0.717) is 11.4 Å². The summed E-state index contributed by atoms with van der Waals surface area (Å²) in [7, 11) is -1.38. The van der Waals surface area contributed by atoms with E-state index in [2.05, 4.69) is 5.32 Å². The molecule has 9 nitrogen and oxygen atoms in total. The standard InChI is InChI=1S/C32H41N3O6S/c1-22-12-14-26(15-13-22)35(42(38,39)27-16-17-28(40-7)29(19-27)41-8)21-30(36)34(20-25-11-9-10-23(2)18-25)24(3)31(37)33-32(4,5)6/h9-19,24H,20-21H2,1-8H3,(H,33,37)/t24-/m0/s1. The van der Waals surface area contributed by atoms with Crippen molar-refractivity contribution in [3.63, 3.8) is 0 Å². The molecule has 3 rings (SSSR count). The van der Waals surface area contributed by atoms with E-state index in [9.17, 15) is 18.0 Å². The lowest BCUT2D eigenvalue weighted by molar-refractivity contribution is -0.140. The maximum absolute atomic E-state index is 14.1. The molecule has 1 atom stereocenters. The van der Waals surface area contributed by atoms with Gasteiger partial charge in [0.1, 0.15) is 12.6 Å². The van der Waals surface area contributed by atoms with Gasteiger partial charge in [0.15, 0.2) is 11.5 Å². The van der Waals surface area contributed by atoms with Crippen LogP contribution >= 0.6 is 0 Å². The summed E-state index contributed by atoms with van der Waals surface area (Å²) in [5.41, 5.74) is 2.55. The first kappa shape index (κ1) is 32.5. The molecule has 3 aromatic rings. The molecule has 0 saturated heterocycles. The van der Waals surface area contributed by atoms with Gasteiger partial charge >= 0.3 is 0 Å². The maximum atomic E-state index is 14.1. The summed E-state index contributed by atoms with van der Waals surface area (Å²) in [6.45, 7) is 10.7. The average Bonchev–Trinajstić information content (AvgIpc) is 2.93. The van der Waals surface area contributed by atoms with Crippen LogP contribution in [0.1, 0.15) is 44.4 Å². The van der Waals surface area contributed by atoms with Crippen LogP contribution in [-0.2, 0) is 26.2 Å². The van der Waals surface area contributed by atoms with Gasteiger partial charge in [-0.25, -0.2) is 8.42 Å². The van der Waals surface area contributed by atoms with Gasteiger partial charge in [-0.3, -0.25) is 13.9 Å². The Labute approximate surface area is 249 Å². The minimum absolute atomic E-state index is 0.0720. The molecule has 0 fully saturated rings. The van der Waals surface area contributed by atoms with Crippen molar-refractivity contribution in [3.05, 3.63) is 83.4 Å². The molecule has 0 aliphatic rings. The first-order chi connectivity index (χ1) is 19.7. The lowest BCUT2D eigenvalue weighted by Gasteiger charge is -2.33. The van der Waals surface area contributed by atoms with Gasteiger partial charge in [0.05, 0.1) is 24.8 Å². The monoisotopic (exact) mass is 595 g/mol. The quantitative estimate of drug-likeness (QED) is 0.340. The lowest BCUT2D eigenvalue weighted by atomic mass is 10.1. The lowest BCUT2D eigenvalue weighted by Crippen LogP contribution is -2.54. The molecule has 10 heteroatoms. The van der Waals surface area contributed by atoms with E-state index in [-0.39, 0.29) is 23.1 Å². The third kappa shape index (κ3) is 8.03. The highest BCUT2D eigenvalue weighted by Gasteiger charge is 2.33. The van der Waals surface area contributed by atoms with Crippen LogP contribution in [0.5, 0.6) is 11.5 Å². The number of rotatable bonds is 11. The summed E-state index contributed by atoms with van der Waals surface area (Å²) in [5.74, 6) is -0.259. The van der Waals surface area contributed by atoms with E-state index in [4.69, 9.17) is 9.47 Å². The number of amides is 2. The number of methoxy groups -OCH3 is 2. The van der Waals surface area contributed by atoms with Gasteiger partial charge in [0, 0.05) is 18.2 Å². The molecule has 0 unspecified atom stereocenters. The number of ether oxygens (including phenoxy) is 2. The fourth-order valence-electron chi connectivity index (χ4n) is 4.41. The van der Waals surface area contributed by atoms with Crippen LogP contribution in [0, 0.1) is 13.8 Å². The minimum Gasteiger partial charge on any atom is -0.493 e. The van der Waals surface area contributed by atoms with Crippen LogP contribution in [0.25, 0.3) is 0 Å². The number of benzene rings is 3. The molecular weight excluding hydrogens is 554 g/mol. The number of nitrogens with one attached hydrogen (secondary N) is 1. The van der Waals surface area contributed by atoms with E-state index < -0.39 is 34.1 Å². The summed E-state index contributed by atoms with van der Waals surface area (Å²) in [6.07, 6.45) is 0.